The molecule has 5 nitrogen and oxygen atoms in total. The normalized spacial score (nSPS) is 12.6. The van der Waals surface area contributed by atoms with Crippen LogP contribution in [0.1, 0.15) is 5.69 Å². The number of para-hydroxylation sites is 2. The summed E-state index contributed by atoms with van der Waals surface area (Å²) < 4.78 is 0. The van der Waals surface area contributed by atoms with Crippen LogP contribution in [0.5, 0.6) is 0 Å². The molecule has 82 valence electrons. The minimum Gasteiger partial charge on any atom is -0.480 e. The van der Waals surface area contributed by atoms with Crippen molar-refractivity contribution in [3.8, 4) is 0 Å². The molecule has 0 aliphatic rings. The second-order valence-corrected chi connectivity index (χ2v) is 3.50. The number of aliphatic carboxylic acids is 1. The predicted octanol–water partition coefficient (Wildman–Crippen LogP) is 0.584. The summed E-state index contributed by atoms with van der Waals surface area (Å²) in [4.78, 5) is 19.1. The summed E-state index contributed by atoms with van der Waals surface area (Å²) in [7, 11) is 0. The van der Waals surface area contributed by atoms with Gasteiger partial charge >= 0.3 is 5.97 Å². The smallest absolute Gasteiger partial charge is 0.320 e. The van der Waals surface area contributed by atoms with Gasteiger partial charge in [0.1, 0.15) is 6.04 Å². The number of hydrogen-bond acceptors (Lipinski definition) is 4. The van der Waals surface area contributed by atoms with Gasteiger partial charge in [-0.15, -0.1) is 0 Å². The lowest BCUT2D eigenvalue weighted by molar-refractivity contribution is -0.138. The average Bonchev–Trinajstić information content (AvgIpc) is 2.28. The largest absolute Gasteiger partial charge is 0.480 e. The first kappa shape index (κ1) is 10.5. The zero-order chi connectivity index (χ0) is 11.5. The summed E-state index contributed by atoms with van der Waals surface area (Å²) in [6.07, 6.45) is 1.75. The lowest BCUT2D eigenvalue weighted by atomic mass is 10.2. The quantitative estimate of drug-likeness (QED) is 0.785. The molecule has 0 radical (unpaired) electrons. The number of nitrogens with two attached hydrogens (primary N) is 1. The molecule has 0 aliphatic heterocycles. The Morgan fingerprint density at radius 3 is 2.75 bits per heavy atom. The first-order valence-corrected chi connectivity index (χ1v) is 4.86. The summed E-state index contributed by atoms with van der Waals surface area (Å²) in [6.45, 7) is 0. The van der Waals surface area contributed by atoms with Gasteiger partial charge in [0.05, 0.1) is 16.7 Å². The highest BCUT2D eigenvalue weighted by Gasteiger charge is 2.13. The third kappa shape index (κ3) is 2.14. The van der Waals surface area contributed by atoms with Gasteiger partial charge in [-0.2, -0.15) is 0 Å². The van der Waals surface area contributed by atoms with E-state index in [-0.39, 0.29) is 6.42 Å². The van der Waals surface area contributed by atoms with E-state index in [1.54, 1.807) is 6.20 Å². The van der Waals surface area contributed by atoms with Gasteiger partial charge in [-0.3, -0.25) is 9.78 Å². The number of rotatable bonds is 3. The fourth-order valence-electron chi connectivity index (χ4n) is 1.41. The van der Waals surface area contributed by atoms with Crippen LogP contribution in [0.4, 0.5) is 0 Å². The van der Waals surface area contributed by atoms with Crippen molar-refractivity contribution in [3.63, 3.8) is 0 Å². The van der Waals surface area contributed by atoms with Gasteiger partial charge in [0.15, 0.2) is 0 Å². The third-order valence-electron chi connectivity index (χ3n) is 2.24. The summed E-state index contributed by atoms with van der Waals surface area (Å²) in [5, 5.41) is 8.68. The highest BCUT2D eigenvalue weighted by atomic mass is 16.4. The van der Waals surface area contributed by atoms with E-state index in [0.717, 1.165) is 11.0 Å². The monoisotopic (exact) mass is 217 g/mol. The molecule has 0 amide bonds. The molecule has 2 rings (SSSR count). The van der Waals surface area contributed by atoms with Gasteiger partial charge in [0.2, 0.25) is 0 Å². The number of fused-ring (bicyclic) bond motifs is 1. The fourth-order valence-corrected chi connectivity index (χ4v) is 1.41. The minimum atomic E-state index is -1.03. The van der Waals surface area contributed by atoms with E-state index < -0.39 is 12.0 Å². The number of benzene rings is 1. The molecular weight excluding hydrogens is 206 g/mol. The van der Waals surface area contributed by atoms with E-state index in [2.05, 4.69) is 9.97 Å². The Morgan fingerprint density at radius 2 is 2.06 bits per heavy atom. The fraction of sp³-hybridized carbons (Fsp3) is 0.182. The lowest BCUT2D eigenvalue weighted by Gasteiger charge is -2.05. The summed E-state index contributed by atoms with van der Waals surface area (Å²) >= 11 is 0. The van der Waals surface area contributed by atoms with Crippen molar-refractivity contribution in [3.05, 3.63) is 36.2 Å². The van der Waals surface area contributed by atoms with Crippen molar-refractivity contribution in [1.29, 1.82) is 0 Å². The maximum Gasteiger partial charge on any atom is 0.320 e. The van der Waals surface area contributed by atoms with Crippen LogP contribution < -0.4 is 5.73 Å². The third-order valence-corrected chi connectivity index (χ3v) is 2.24. The maximum absolute atomic E-state index is 10.6. The molecule has 16 heavy (non-hydrogen) atoms. The van der Waals surface area contributed by atoms with E-state index in [1.807, 2.05) is 24.3 Å². The molecule has 1 atom stereocenters. The molecule has 2 aromatic rings. The van der Waals surface area contributed by atoms with Crippen molar-refractivity contribution >= 4 is 17.0 Å². The number of nitrogens with zero attached hydrogens (tertiary/aromatic N) is 2. The molecule has 0 saturated carbocycles. The Balaban J connectivity index is 2.29. The topological polar surface area (TPSA) is 89.1 Å². The van der Waals surface area contributed by atoms with E-state index in [4.69, 9.17) is 10.8 Å². The van der Waals surface area contributed by atoms with E-state index >= 15 is 0 Å². The van der Waals surface area contributed by atoms with E-state index in [9.17, 15) is 4.79 Å². The average molecular weight is 217 g/mol. The van der Waals surface area contributed by atoms with Crippen LogP contribution in [-0.2, 0) is 11.2 Å². The Labute approximate surface area is 91.9 Å². The van der Waals surface area contributed by atoms with Gasteiger partial charge in [0.25, 0.3) is 0 Å². The number of carboxylic acids is 1. The van der Waals surface area contributed by atoms with Crippen molar-refractivity contribution in [2.24, 2.45) is 5.73 Å². The van der Waals surface area contributed by atoms with Crippen molar-refractivity contribution in [1.82, 2.24) is 9.97 Å². The maximum atomic E-state index is 10.6. The molecule has 0 bridgehead atoms. The van der Waals surface area contributed by atoms with E-state index in [0.29, 0.717) is 5.69 Å². The molecule has 0 spiro atoms. The molecule has 1 heterocycles. The van der Waals surface area contributed by atoms with Crippen molar-refractivity contribution < 1.29 is 9.90 Å². The Hall–Kier alpha value is -2.01. The summed E-state index contributed by atoms with van der Waals surface area (Å²) in [6, 6.07) is 6.48. The van der Waals surface area contributed by atoms with Gasteiger partial charge in [-0.1, -0.05) is 12.1 Å². The Morgan fingerprint density at radius 1 is 1.38 bits per heavy atom. The van der Waals surface area contributed by atoms with Crippen molar-refractivity contribution in [2.45, 2.75) is 12.5 Å². The van der Waals surface area contributed by atoms with Gasteiger partial charge < -0.3 is 10.8 Å². The summed E-state index contributed by atoms with van der Waals surface area (Å²) in [5.41, 5.74) is 7.55. The molecule has 3 N–H and O–H groups in total. The minimum absolute atomic E-state index is 0.188. The molecule has 0 saturated heterocycles. The first-order valence-electron chi connectivity index (χ1n) is 4.86. The van der Waals surface area contributed by atoms with Crippen LogP contribution in [0.25, 0.3) is 11.0 Å². The molecule has 0 fully saturated rings. The molecular formula is C11H11N3O2. The van der Waals surface area contributed by atoms with Gasteiger partial charge in [-0.05, 0) is 12.1 Å². The molecule has 0 aliphatic carbocycles. The Bertz CT molecular complexity index is 527. The lowest BCUT2D eigenvalue weighted by Crippen LogP contribution is -2.32. The number of carbonyl (C=O) groups is 1. The zero-order valence-corrected chi connectivity index (χ0v) is 8.50. The number of aromatic nitrogens is 2. The van der Waals surface area contributed by atoms with Crippen LogP contribution in [-0.4, -0.2) is 27.1 Å². The van der Waals surface area contributed by atoms with Crippen molar-refractivity contribution in [2.75, 3.05) is 0 Å². The summed E-state index contributed by atoms with van der Waals surface area (Å²) in [5.74, 6) is -1.03. The predicted molar refractivity (Wildman–Crippen MR) is 58.9 cm³/mol. The number of hydrogen-bond donors (Lipinski definition) is 2. The zero-order valence-electron chi connectivity index (χ0n) is 8.50. The molecule has 1 aromatic carbocycles. The second kappa shape index (κ2) is 4.24. The SMILES string of the molecule is N[C@@H](Cc1cnc2ccccc2n1)C(=O)O. The number of carboxylic acid groups (broad SMARTS) is 1. The van der Waals surface area contributed by atoms with E-state index in [1.165, 1.54) is 0 Å². The molecule has 5 heteroatoms. The first-order chi connectivity index (χ1) is 7.66. The molecule has 0 unspecified atom stereocenters. The highest BCUT2D eigenvalue weighted by Crippen LogP contribution is 2.09. The van der Waals surface area contributed by atoms with Crippen LogP contribution in [0.3, 0.4) is 0 Å². The standard InChI is InChI=1S/C11H11N3O2/c12-8(11(15)16)5-7-6-13-9-3-1-2-4-10(9)14-7/h1-4,6,8H,5,12H2,(H,15,16)/t8-/m0/s1. The van der Waals surface area contributed by atoms with Crippen LogP contribution in [0.2, 0.25) is 0 Å². The van der Waals surface area contributed by atoms with Crippen LogP contribution in [0.15, 0.2) is 30.5 Å². The molecule has 1 aromatic heterocycles. The van der Waals surface area contributed by atoms with Gasteiger partial charge in [-0.25, -0.2) is 4.98 Å². The second-order valence-electron chi connectivity index (χ2n) is 3.50. The highest BCUT2D eigenvalue weighted by molar-refractivity contribution is 5.75. The van der Waals surface area contributed by atoms with Gasteiger partial charge in [0, 0.05) is 12.6 Å². The van der Waals surface area contributed by atoms with Crippen LogP contribution >= 0.6 is 0 Å². The Kier molecular flexibility index (Phi) is 2.78. The van der Waals surface area contributed by atoms with Crippen LogP contribution in [0, 0.1) is 0 Å².